The zero-order valence-electron chi connectivity index (χ0n) is 12.8. The van der Waals surface area contributed by atoms with Gasteiger partial charge in [0.25, 0.3) is 0 Å². The van der Waals surface area contributed by atoms with Crippen LogP contribution in [0.3, 0.4) is 0 Å². The summed E-state index contributed by atoms with van der Waals surface area (Å²) in [6, 6.07) is 10.1. The molecule has 1 nitrogen and oxygen atoms in total. The predicted molar refractivity (Wildman–Crippen MR) is 83.4 cm³/mol. The maximum atomic E-state index is 3.87. The van der Waals surface area contributed by atoms with Gasteiger partial charge >= 0.3 is 0 Å². The maximum absolute atomic E-state index is 3.87. The van der Waals surface area contributed by atoms with E-state index in [9.17, 15) is 0 Å². The predicted octanol–water partition coefficient (Wildman–Crippen LogP) is 5.00. The molecule has 0 saturated heterocycles. The van der Waals surface area contributed by atoms with Crippen molar-refractivity contribution in [3.05, 3.63) is 35.4 Å². The Morgan fingerprint density at radius 1 is 1.11 bits per heavy atom. The molecule has 1 saturated carbocycles. The van der Waals surface area contributed by atoms with Crippen LogP contribution in [0.2, 0.25) is 0 Å². The van der Waals surface area contributed by atoms with Crippen LogP contribution < -0.4 is 5.32 Å². The summed E-state index contributed by atoms with van der Waals surface area (Å²) in [5, 5.41) is 3.87. The topological polar surface area (TPSA) is 12.0 Å². The van der Waals surface area contributed by atoms with Gasteiger partial charge in [0.1, 0.15) is 0 Å². The highest BCUT2D eigenvalue weighted by atomic mass is 14.9. The Morgan fingerprint density at radius 3 is 2.32 bits per heavy atom. The van der Waals surface area contributed by atoms with E-state index in [0.717, 1.165) is 5.92 Å². The molecule has 2 unspecified atom stereocenters. The molecule has 0 aliphatic heterocycles. The minimum Gasteiger partial charge on any atom is -0.307 e. The van der Waals surface area contributed by atoms with Gasteiger partial charge in [-0.25, -0.2) is 0 Å². The van der Waals surface area contributed by atoms with Gasteiger partial charge < -0.3 is 5.32 Å². The Kier molecular flexibility index (Phi) is 5.45. The smallest absolute Gasteiger partial charge is 0.0294 e. The normalized spacial score (nSPS) is 20.2. The zero-order chi connectivity index (χ0) is 13.7. The fourth-order valence-electron chi connectivity index (χ4n) is 3.40. The molecule has 0 radical (unpaired) electrons. The van der Waals surface area contributed by atoms with Crippen molar-refractivity contribution >= 4 is 0 Å². The van der Waals surface area contributed by atoms with Crippen LogP contribution in [0.25, 0.3) is 0 Å². The number of nitrogens with one attached hydrogen (secondary N) is 1. The van der Waals surface area contributed by atoms with Crippen LogP contribution >= 0.6 is 0 Å². The Labute approximate surface area is 118 Å². The highest BCUT2D eigenvalue weighted by Crippen LogP contribution is 2.29. The van der Waals surface area contributed by atoms with E-state index in [1.54, 1.807) is 0 Å². The molecule has 1 aliphatic carbocycles. The standard InChI is InChI=1S/C18H29N/c1-4-18(17-8-6-5-7-9-17)19-15(3)16-12-10-14(2)11-13-16/h10-13,15,17-19H,4-9H2,1-3H3. The summed E-state index contributed by atoms with van der Waals surface area (Å²) in [7, 11) is 0. The molecule has 0 amide bonds. The van der Waals surface area contributed by atoms with Crippen molar-refractivity contribution in [3.63, 3.8) is 0 Å². The van der Waals surface area contributed by atoms with E-state index in [0.29, 0.717) is 12.1 Å². The summed E-state index contributed by atoms with van der Waals surface area (Å²) in [4.78, 5) is 0. The van der Waals surface area contributed by atoms with E-state index in [4.69, 9.17) is 0 Å². The summed E-state index contributed by atoms with van der Waals surface area (Å²) in [5.74, 6) is 0.895. The minimum atomic E-state index is 0.465. The quantitative estimate of drug-likeness (QED) is 0.784. The molecule has 19 heavy (non-hydrogen) atoms. The third-order valence-corrected chi connectivity index (χ3v) is 4.70. The van der Waals surface area contributed by atoms with Gasteiger partial charge in [-0.2, -0.15) is 0 Å². The molecular weight excluding hydrogens is 230 g/mol. The van der Waals surface area contributed by atoms with E-state index in [2.05, 4.69) is 50.4 Å². The molecule has 0 heterocycles. The molecule has 1 aromatic rings. The number of hydrogen-bond acceptors (Lipinski definition) is 1. The minimum absolute atomic E-state index is 0.465. The summed E-state index contributed by atoms with van der Waals surface area (Å²) >= 11 is 0. The Balaban J connectivity index is 1.95. The molecule has 1 N–H and O–H groups in total. The average Bonchev–Trinajstić information content (AvgIpc) is 2.46. The number of aryl methyl sites for hydroxylation is 1. The lowest BCUT2D eigenvalue weighted by Gasteiger charge is -2.32. The van der Waals surface area contributed by atoms with Crippen molar-refractivity contribution in [2.24, 2.45) is 5.92 Å². The first kappa shape index (κ1) is 14.6. The summed E-state index contributed by atoms with van der Waals surface area (Å²) in [6.45, 7) is 6.78. The maximum Gasteiger partial charge on any atom is 0.0294 e. The lowest BCUT2D eigenvalue weighted by Crippen LogP contribution is -2.38. The molecule has 1 aromatic carbocycles. The van der Waals surface area contributed by atoms with Crippen molar-refractivity contribution in [1.82, 2.24) is 5.32 Å². The van der Waals surface area contributed by atoms with Crippen LogP contribution in [0.15, 0.2) is 24.3 Å². The van der Waals surface area contributed by atoms with Crippen LogP contribution in [0.1, 0.15) is 69.5 Å². The fourth-order valence-corrected chi connectivity index (χ4v) is 3.40. The molecule has 0 spiro atoms. The SMILES string of the molecule is CCC(NC(C)c1ccc(C)cc1)C1CCCCC1. The van der Waals surface area contributed by atoms with Gasteiger partial charge in [-0.15, -0.1) is 0 Å². The van der Waals surface area contributed by atoms with Gasteiger partial charge in [-0.1, -0.05) is 56.0 Å². The van der Waals surface area contributed by atoms with Gasteiger partial charge in [0.05, 0.1) is 0 Å². The molecule has 0 aromatic heterocycles. The molecule has 1 fully saturated rings. The Hall–Kier alpha value is -0.820. The highest BCUT2D eigenvalue weighted by molar-refractivity contribution is 5.23. The van der Waals surface area contributed by atoms with Gasteiger partial charge in [0.2, 0.25) is 0 Å². The molecule has 1 heteroatoms. The number of benzene rings is 1. The van der Waals surface area contributed by atoms with Crippen LogP contribution in [0.5, 0.6) is 0 Å². The van der Waals surface area contributed by atoms with Gasteiger partial charge in [-0.05, 0) is 44.6 Å². The largest absolute Gasteiger partial charge is 0.307 e. The van der Waals surface area contributed by atoms with Crippen LogP contribution in [-0.4, -0.2) is 6.04 Å². The summed E-state index contributed by atoms with van der Waals surface area (Å²) < 4.78 is 0. The van der Waals surface area contributed by atoms with Gasteiger partial charge in [0.15, 0.2) is 0 Å². The second kappa shape index (κ2) is 7.09. The molecule has 2 rings (SSSR count). The van der Waals surface area contributed by atoms with E-state index >= 15 is 0 Å². The van der Waals surface area contributed by atoms with Gasteiger partial charge in [0, 0.05) is 12.1 Å². The zero-order valence-corrected chi connectivity index (χ0v) is 12.8. The van der Waals surface area contributed by atoms with Crippen LogP contribution in [0, 0.1) is 12.8 Å². The first-order chi connectivity index (χ1) is 9.20. The van der Waals surface area contributed by atoms with Crippen molar-refractivity contribution in [2.45, 2.75) is 71.4 Å². The molecule has 1 aliphatic rings. The molecule has 0 bridgehead atoms. The fraction of sp³-hybridized carbons (Fsp3) is 0.667. The third-order valence-electron chi connectivity index (χ3n) is 4.70. The lowest BCUT2D eigenvalue weighted by molar-refractivity contribution is 0.249. The molecule has 2 atom stereocenters. The first-order valence-electron chi connectivity index (χ1n) is 8.03. The van der Waals surface area contributed by atoms with E-state index in [1.165, 1.54) is 49.7 Å². The van der Waals surface area contributed by atoms with Crippen molar-refractivity contribution < 1.29 is 0 Å². The monoisotopic (exact) mass is 259 g/mol. The molecule has 106 valence electrons. The van der Waals surface area contributed by atoms with Crippen molar-refractivity contribution in [2.75, 3.05) is 0 Å². The first-order valence-corrected chi connectivity index (χ1v) is 8.03. The van der Waals surface area contributed by atoms with Gasteiger partial charge in [-0.3, -0.25) is 0 Å². The van der Waals surface area contributed by atoms with Crippen molar-refractivity contribution in [3.8, 4) is 0 Å². The third kappa shape index (κ3) is 4.07. The average molecular weight is 259 g/mol. The number of rotatable bonds is 5. The summed E-state index contributed by atoms with van der Waals surface area (Å²) in [6.07, 6.45) is 8.41. The van der Waals surface area contributed by atoms with E-state index < -0.39 is 0 Å². The second-order valence-corrected chi connectivity index (χ2v) is 6.21. The van der Waals surface area contributed by atoms with Crippen LogP contribution in [-0.2, 0) is 0 Å². The number of hydrogen-bond donors (Lipinski definition) is 1. The van der Waals surface area contributed by atoms with Crippen molar-refractivity contribution in [1.29, 1.82) is 0 Å². The lowest BCUT2D eigenvalue weighted by atomic mass is 9.82. The molecular formula is C18H29N. The Morgan fingerprint density at radius 2 is 1.74 bits per heavy atom. The van der Waals surface area contributed by atoms with E-state index in [1.807, 2.05) is 0 Å². The second-order valence-electron chi connectivity index (χ2n) is 6.21. The highest BCUT2D eigenvalue weighted by Gasteiger charge is 2.23. The van der Waals surface area contributed by atoms with Crippen LogP contribution in [0.4, 0.5) is 0 Å². The Bertz CT molecular complexity index is 362. The summed E-state index contributed by atoms with van der Waals surface area (Å²) in [5.41, 5.74) is 2.76. The van der Waals surface area contributed by atoms with E-state index in [-0.39, 0.29) is 0 Å².